The second kappa shape index (κ2) is 4.45. The zero-order valence-electron chi connectivity index (χ0n) is 9.38. The first-order chi connectivity index (χ1) is 8.17. The van der Waals surface area contributed by atoms with Crippen molar-refractivity contribution >= 4 is 11.7 Å². The molecule has 0 amide bonds. The van der Waals surface area contributed by atoms with E-state index in [1.807, 2.05) is 6.07 Å². The van der Waals surface area contributed by atoms with E-state index in [2.05, 4.69) is 5.16 Å². The maximum Gasteiger partial charge on any atom is 0.307 e. The molecule has 1 aromatic carbocycles. The molecule has 0 fully saturated rings. The summed E-state index contributed by atoms with van der Waals surface area (Å²) >= 11 is 0. The summed E-state index contributed by atoms with van der Waals surface area (Å²) in [7, 11) is 1.54. The minimum Gasteiger partial charge on any atom is -0.496 e. The summed E-state index contributed by atoms with van der Waals surface area (Å²) in [6.07, 6.45) is 0.639. The molecule has 1 atom stereocenters. The molecule has 0 saturated heterocycles. The van der Waals surface area contributed by atoms with Crippen molar-refractivity contribution in [3.8, 4) is 5.75 Å². The van der Waals surface area contributed by atoms with Crippen molar-refractivity contribution in [2.45, 2.75) is 12.8 Å². The zero-order chi connectivity index (χ0) is 12.4. The number of fused-ring (bicyclic) bond motifs is 1. The second-order valence-electron chi connectivity index (χ2n) is 3.98. The minimum atomic E-state index is -0.886. The van der Waals surface area contributed by atoms with Crippen LogP contribution in [0.1, 0.15) is 17.5 Å². The second-order valence-corrected chi connectivity index (χ2v) is 3.98. The fourth-order valence-corrected chi connectivity index (χ4v) is 2.17. The lowest BCUT2D eigenvalue weighted by molar-refractivity contribution is -0.141. The molecule has 1 aliphatic rings. The third kappa shape index (κ3) is 1.95. The van der Waals surface area contributed by atoms with E-state index in [0.717, 1.165) is 11.1 Å². The van der Waals surface area contributed by atoms with Gasteiger partial charge in [0.25, 0.3) is 0 Å². The number of carboxylic acid groups (broad SMARTS) is 1. The van der Waals surface area contributed by atoms with Crippen LogP contribution in [0.5, 0.6) is 5.75 Å². The van der Waals surface area contributed by atoms with Gasteiger partial charge >= 0.3 is 5.97 Å². The van der Waals surface area contributed by atoms with E-state index >= 15 is 0 Å². The highest BCUT2D eigenvalue weighted by molar-refractivity contribution is 6.04. The highest BCUT2D eigenvalue weighted by Crippen LogP contribution is 2.32. The fourth-order valence-electron chi connectivity index (χ4n) is 2.17. The number of hydrogen-bond donors (Lipinski definition) is 2. The van der Waals surface area contributed by atoms with Crippen LogP contribution in [0.2, 0.25) is 0 Å². The smallest absolute Gasteiger partial charge is 0.307 e. The van der Waals surface area contributed by atoms with Gasteiger partial charge < -0.3 is 15.1 Å². The molecule has 0 spiro atoms. The van der Waals surface area contributed by atoms with Crippen LogP contribution in [-0.2, 0) is 11.2 Å². The first-order valence-corrected chi connectivity index (χ1v) is 5.27. The molecule has 5 heteroatoms. The standard InChI is InChI=1S/C12H13NO4/c1-17-11-4-2-3-8-9(11)5-7(12(14)15)6-10(8)13-16/h2-4,7,16H,5-6H2,1H3,(H,14,15)/b13-10-. The number of hydrogen-bond acceptors (Lipinski definition) is 4. The van der Waals surface area contributed by atoms with Gasteiger partial charge in [-0.15, -0.1) is 0 Å². The van der Waals surface area contributed by atoms with Crippen molar-refractivity contribution in [2.24, 2.45) is 11.1 Å². The predicted molar refractivity (Wildman–Crippen MR) is 60.8 cm³/mol. The molecule has 1 aromatic rings. The van der Waals surface area contributed by atoms with Gasteiger partial charge in [0, 0.05) is 17.5 Å². The van der Waals surface area contributed by atoms with Gasteiger partial charge in [0.05, 0.1) is 18.7 Å². The molecular weight excluding hydrogens is 222 g/mol. The highest BCUT2D eigenvalue weighted by atomic mass is 16.5. The van der Waals surface area contributed by atoms with Gasteiger partial charge in [-0.05, 0) is 12.5 Å². The summed E-state index contributed by atoms with van der Waals surface area (Å²) in [5.41, 5.74) is 1.96. The molecule has 0 aliphatic heterocycles. The lowest BCUT2D eigenvalue weighted by atomic mass is 9.82. The van der Waals surface area contributed by atoms with Crippen LogP contribution >= 0.6 is 0 Å². The van der Waals surface area contributed by atoms with Crippen LogP contribution in [0, 0.1) is 5.92 Å². The van der Waals surface area contributed by atoms with Gasteiger partial charge in [0.15, 0.2) is 0 Å². The van der Waals surface area contributed by atoms with Crippen molar-refractivity contribution in [1.29, 1.82) is 0 Å². The van der Waals surface area contributed by atoms with Crippen LogP contribution in [0.4, 0.5) is 0 Å². The summed E-state index contributed by atoms with van der Waals surface area (Å²) < 4.78 is 5.20. The van der Waals surface area contributed by atoms with Gasteiger partial charge in [-0.2, -0.15) is 0 Å². The number of carbonyl (C=O) groups is 1. The summed E-state index contributed by atoms with van der Waals surface area (Å²) in [5.74, 6) is -0.818. The van der Waals surface area contributed by atoms with E-state index in [4.69, 9.17) is 15.1 Å². The van der Waals surface area contributed by atoms with Crippen LogP contribution in [0.25, 0.3) is 0 Å². The SMILES string of the molecule is COc1cccc2c1CC(C(=O)O)C/C2=N/O. The van der Waals surface area contributed by atoms with Crippen molar-refractivity contribution in [3.05, 3.63) is 29.3 Å². The molecule has 17 heavy (non-hydrogen) atoms. The van der Waals surface area contributed by atoms with Crippen molar-refractivity contribution in [3.63, 3.8) is 0 Å². The molecule has 0 radical (unpaired) electrons. The van der Waals surface area contributed by atoms with Gasteiger partial charge in [0.1, 0.15) is 5.75 Å². The Labute approximate surface area is 98.3 Å². The Morgan fingerprint density at radius 3 is 2.82 bits per heavy atom. The fraction of sp³-hybridized carbons (Fsp3) is 0.333. The largest absolute Gasteiger partial charge is 0.496 e. The van der Waals surface area contributed by atoms with E-state index in [1.165, 1.54) is 7.11 Å². The summed E-state index contributed by atoms with van der Waals surface area (Å²) in [6, 6.07) is 5.38. The van der Waals surface area contributed by atoms with Crippen LogP contribution in [-0.4, -0.2) is 29.1 Å². The van der Waals surface area contributed by atoms with Gasteiger partial charge in [-0.1, -0.05) is 17.3 Å². The Balaban J connectivity index is 2.52. The first kappa shape index (κ1) is 11.4. The predicted octanol–water partition coefficient (Wildman–Crippen LogP) is 1.52. The molecule has 1 unspecified atom stereocenters. The first-order valence-electron chi connectivity index (χ1n) is 5.27. The average molecular weight is 235 g/mol. The van der Waals surface area contributed by atoms with E-state index in [1.54, 1.807) is 12.1 Å². The monoisotopic (exact) mass is 235 g/mol. The van der Waals surface area contributed by atoms with Gasteiger partial charge in [-0.25, -0.2) is 0 Å². The number of nitrogens with zero attached hydrogens (tertiary/aromatic N) is 1. The molecule has 0 heterocycles. The number of rotatable bonds is 2. The Morgan fingerprint density at radius 2 is 2.24 bits per heavy atom. The van der Waals surface area contributed by atoms with E-state index in [0.29, 0.717) is 17.9 Å². The lowest BCUT2D eigenvalue weighted by Gasteiger charge is -2.23. The Bertz CT molecular complexity index is 481. The number of ether oxygens (including phenoxy) is 1. The number of carboxylic acids is 1. The van der Waals surface area contributed by atoms with E-state index < -0.39 is 11.9 Å². The molecule has 90 valence electrons. The number of aliphatic carboxylic acids is 1. The maximum absolute atomic E-state index is 11.0. The summed E-state index contributed by atoms with van der Waals surface area (Å²) in [5, 5.41) is 21.2. The molecule has 2 rings (SSSR count). The third-order valence-electron chi connectivity index (χ3n) is 3.02. The normalized spacial score (nSPS) is 21.0. The third-order valence-corrected chi connectivity index (χ3v) is 3.02. The molecular formula is C12H13NO4. The van der Waals surface area contributed by atoms with E-state index in [-0.39, 0.29) is 6.42 Å². The summed E-state index contributed by atoms with van der Waals surface area (Å²) in [4.78, 5) is 11.0. The molecule has 5 nitrogen and oxygen atoms in total. The Kier molecular flexibility index (Phi) is 2.99. The molecule has 2 N–H and O–H groups in total. The van der Waals surface area contributed by atoms with Gasteiger partial charge in [0.2, 0.25) is 0 Å². The van der Waals surface area contributed by atoms with Crippen LogP contribution in [0.3, 0.4) is 0 Å². The van der Waals surface area contributed by atoms with E-state index in [9.17, 15) is 4.79 Å². The number of benzene rings is 1. The van der Waals surface area contributed by atoms with Crippen LogP contribution in [0.15, 0.2) is 23.4 Å². The Hall–Kier alpha value is -2.04. The topological polar surface area (TPSA) is 79.1 Å². The molecule has 0 saturated carbocycles. The highest BCUT2D eigenvalue weighted by Gasteiger charge is 2.30. The van der Waals surface area contributed by atoms with Crippen LogP contribution < -0.4 is 4.74 Å². The molecule has 0 bridgehead atoms. The van der Waals surface area contributed by atoms with Gasteiger partial charge in [-0.3, -0.25) is 4.79 Å². The number of methoxy groups -OCH3 is 1. The average Bonchev–Trinajstić information content (AvgIpc) is 2.36. The van der Waals surface area contributed by atoms with Crippen molar-refractivity contribution in [2.75, 3.05) is 7.11 Å². The lowest BCUT2D eigenvalue weighted by Crippen LogP contribution is -2.27. The molecule has 0 aromatic heterocycles. The Morgan fingerprint density at radius 1 is 1.47 bits per heavy atom. The quantitative estimate of drug-likeness (QED) is 0.601. The number of oxime groups is 1. The summed E-state index contributed by atoms with van der Waals surface area (Å²) in [6.45, 7) is 0. The zero-order valence-corrected chi connectivity index (χ0v) is 9.38. The minimum absolute atomic E-state index is 0.242. The maximum atomic E-state index is 11.0. The van der Waals surface area contributed by atoms with Crippen molar-refractivity contribution < 1.29 is 19.8 Å². The van der Waals surface area contributed by atoms with Crippen molar-refractivity contribution in [1.82, 2.24) is 0 Å². The molecule has 1 aliphatic carbocycles.